The van der Waals surface area contributed by atoms with Crippen LogP contribution in [-0.2, 0) is 7.05 Å². The molecule has 0 aliphatic carbocycles. The zero-order valence-electron chi connectivity index (χ0n) is 25.2. The second kappa shape index (κ2) is 12.8. The molecule has 0 radical (unpaired) electrons. The largest absolute Gasteiger partial charge is 0.438 e. The number of nitrogens with zero attached hydrogens (tertiary/aromatic N) is 5. The first-order chi connectivity index (χ1) is 22.9. The predicted molar refractivity (Wildman–Crippen MR) is 179 cm³/mol. The monoisotopic (exact) mass is 644 g/mol. The van der Waals surface area contributed by atoms with Gasteiger partial charge in [0.15, 0.2) is 12.4 Å². The van der Waals surface area contributed by atoms with Crippen molar-refractivity contribution in [2.45, 2.75) is 0 Å². The van der Waals surface area contributed by atoms with Gasteiger partial charge >= 0.3 is 0 Å². The van der Waals surface area contributed by atoms with Gasteiger partial charge in [0.05, 0.1) is 11.8 Å². The molecule has 4 heterocycles. The summed E-state index contributed by atoms with van der Waals surface area (Å²) in [5.41, 5.74) is 5.51. The molecule has 0 unspecified atom stereocenters. The number of halogens is 1. The van der Waals surface area contributed by atoms with E-state index in [0.29, 0.717) is 39.7 Å². The van der Waals surface area contributed by atoms with Crippen LogP contribution in [0.2, 0.25) is 0 Å². The molecule has 7 aromatic rings. The van der Waals surface area contributed by atoms with Crippen LogP contribution in [0.5, 0.6) is 11.6 Å². The molecule has 47 heavy (non-hydrogen) atoms. The number of benzene rings is 3. The number of amides is 1. The van der Waals surface area contributed by atoms with Crippen molar-refractivity contribution in [3.8, 4) is 39.8 Å². The Balaban J connectivity index is 1.17. The van der Waals surface area contributed by atoms with E-state index in [9.17, 15) is 9.18 Å². The van der Waals surface area contributed by atoms with Gasteiger partial charge in [-0.2, -0.15) is 9.67 Å². The minimum atomic E-state index is -0.325. The minimum absolute atomic E-state index is 0.295. The highest BCUT2D eigenvalue weighted by Crippen LogP contribution is 2.44. The van der Waals surface area contributed by atoms with E-state index in [0.717, 1.165) is 28.1 Å². The van der Waals surface area contributed by atoms with Crippen molar-refractivity contribution >= 4 is 40.3 Å². The van der Waals surface area contributed by atoms with Crippen molar-refractivity contribution in [2.24, 2.45) is 7.05 Å². The van der Waals surface area contributed by atoms with Crippen LogP contribution in [0.4, 0.5) is 15.8 Å². The Labute approximate surface area is 273 Å². The molecule has 232 valence electrons. The zero-order valence-corrected chi connectivity index (χ0v) is 26.0. The maximum atomic E-state index is 13.4. The summed E-state index contributed by atoms with van der Waals surface area (Å²) in [6.45, 7) is 0. The first kappa shape index (κ1) is 29.7. The molecule has 0 atom stereocenters. The quantitative estimate of drug-likeness (QED) is 0.123. The first-order valence-corrected chi connectivity index (χ1v) is 15.7. The van der Waals surface area contributed by atoms with Gasteiger partial charge in [0, 0.05) is 54.6 Å². The molecular weight excluding hydrogens is 617 g/mol. The summed E-state index contributed by atoms with van der Waals surface area (Å²) in [6, 6.07) is 24.5. The van der Waals surface area contributed by atoms with Crippen molar-refractivity contribution in [3.05, 3.63) is 127 Å². The molecule has 1 amide bonds. The summed E-state index contributed by atoms with van der Waals surface area (Å²) in [4.78, 5) is 22.0. The lowest BCUT2D eigenvalue weighted by molar-refractivity contribution is -0.595. The van der Waals surface area contributed by atoms with Crippen LogP contribution in [0.15, 0.2) is 120 Å². The number of aryl methyl sites for hydroxylation is 1. The van der Waals surface area contributed by atoms with Crippen LogP contribution in [0.1, 0.15) is 10.4 Å². The third-order valence-electron chi connectivity index (χ3n) is 7.31. The molecule has 0 aliphatic rings. The molecule has 4 aromatic heterocycles. The maximum absolute atomic E-state index is 13.4. The average Bonchev–Trinajstić information content (AvgIpc) is 3.70. The maximum Gasteiger partial charge on any atom is 0.261 e. The summed E-state index contributed by atoms with van der Waals surface area (Å²) < 4.78 is 32.7. The van der Waals surface area contributed by atoms with Gasteiger partial charge in [-0.1, -0.05) is 24.1 Å². The van der Waals surface area contributed by atoms with Gasteiger partial charge in [-0.05, 0) is 60.2 Å². The van der Waals surface area contributed by atoms with E-state index in [1.54, 1.807) is 76.4 Å². The number of hydrogen-bond acceptors (Lipinski definition) is 8. The smallest absolute Gasteiger partial charge is 0.261 e. The van der Waals surface area contributed by atoms with Gasteiger partial charge in [0.2, 0.25) is 17.3 Å². The van der Waals surface area contributed by atoms with Crippen LogP contribution >= 0.6 is 11.9 Å². The number of nitrogens with one attached hydrogen (secondary N) is 2. The van der Waals surface area contributed by atoms with Crippen LogP contribution in [0, 0.1) is 5.82 Å². The number of pyridine rings is 1. The number of anilines is 2. The van der Waals surface area contributed by atoms with Crippen LogP contribution in [0.3, 0.4) is 0 Å². The Morgan fingerprint density at radius 3 is 2.57 bits per heavy atom. The molecule has 0 spiro atoms. The minimum Gasteiger partial charge on any atom is -0.438 e. The summed E-state index contributed by atoms with van der Waals surface area (Å²) in [6.07, 6.45) is 10.5. The molecule has 0 fully saturated rings. The molecule has 3 aromatic carbocycles. The number of hydrogen-bond donors (Lipinski definition) is 2. The fourth-order valence-corrected chi connectivity index (χ4v) is 5.52. The number of carbonyl (C=O) groups excluding carboxylic acids is 1. The summed E-state index contributed by atoms with van der Waals surface area (Å²) >= 11 is 1.50. The molecule has 12 heteroatoms. The van der Waals surface area contributed by atoms with Crippen LogP contribution in [-0.4, -0.2) is 31.9 Å². The van der Waals surface area contributed by atoms with E-state index < -0.39 is 0 Å². The highest BCUT2D eigenvalue weighted by atomic mass is 32.2. The van der Waals surface area contributed by atoms with Crippen molar-refractivity contribution in [1.82, 2.24) is 19.7 Å². The Bertz CT molecular complexity index is 2220. The predicted octanol–water partition coefficient (Wildman–Crippen LogP) is 7.44. The number of fused-ring (bicyclic) bond motifs is 1. The normalized spacial score (nSPS) is 11.0. The van der Waals surface area contributed by atoms with Crippen LogP contribution in [0.25, 0.3) is 39.2 Å². The number of furan rings is 1. The standard InChI is InChI=1S/C35H26FN7O3S/c1-42-19-24(18-39-42)32-30(22-5-3-7-27(17-22)41-47-2)31-34(37-21-38-35(31)46-32)45-29-14-10-26(11-15-29)40-33(44)23-6-4-16-43(20-23)28-12-8-25(36)9-13-28/h3-21,41H,1-2H3/p+1. The third kappa shape index (κ3) is 6.26. The molecule has 0 saturated heterocycles. The molecule has 0 aliphatic heterocycles. The topological polar surface area (TPSA) is 111 Å². The summed E-state index contributed by atoms with van der Waals surface area (Å²) in [5, 5.41) is 7.86. The number of carbonyl (C=O) groups is 1. The van der Waals surface area contributed by atoms with Crippen molar-refractivity contribution in [1.29, 1.82) is 0 Å². The lowest BCUT2D eigenvalue weighted by atomic mass is 10.0. The third-order valence-corrected chi connectivity index (χ3v) is 7.75. The Kier molecular flexibility index (Phi) is 8.07. The van der Waals surface area contributed by atoms with E-state index in [2.05, 4.69) is 25.1 Å². The van der Waals surface area contributed by atoms with Gasteiger partial charge in [-0.15, -0.1) is 0 Å². The summed E-state index contributed by atoms with van der Waals surface area (Å²) in [7, 11) is 1.85. The van der Waals surface area contributed by atoms with E-state index in [1.165, 1.54) is 30.4 Å². The molecule has 7 rings (SSSR count). The van der Waals surface area contributed by atoms with Crippen molar-refractivity contribution < 1.29 is 22.9 Å². The number of rotatable bonds is 9. The molecular formula is C35H27FN7O3S+. The lowest BCUT2D eigenvalue weighted by Crippen LogP contribution is -2.31. The van der Waals surface area contributed by atoms with Gasteiger partial charge < -0.3 is 19.2 Å². The Morgan fingerprint density at radius 1 is 0.979 bits per heavy atom. The lowest BCUT2D eigenvalue weighted by Gasteiger charge is -2.10. The molecule has 2 N–H and O–H groups in total. The first-order valence-electron chi connectivity index (χ1n) is 14.5. The highest BCUT2D eigenvalue weighted by molar-refractivity contribution is 7.99. The van der Waals surface area contributed by atoms with Gasteiger partial charge in [-0.3, -0.25) is 9.48 Å². The highest BCUT2D eigenvalue weighted by Gasteiger charge is 2.24. The number of aromatic nitrogens is 5. The molecule has 10 nitrogen and oxygen atoms in total. The molecule has 0 saturated carbocycles. The fourth-order valence-electron chi connectivity index (χ4n) is 5.16. The van der Waals surface area contributed by atoms with Gasteiger partial charge in [0.25, 0.3) is 5.91 Å². The zero-order chi connectivity index (χ0) is 32.3. The Morgan fingerprint density at radius 2 is 1.81 bits per heavy atom. The van der Waals surface area contributed by atoms with E-state index in [1.807, 2.05) is 43.8 Å². The van der Waals surface area contributed by atoms with Crippen molar-refractivity contribution in [2.75, 3.05) is 16.3 Å². The number of ether oxygens (including phenoxy) is 1. The van der Waals surface area contributed by atoms with E-state index in [4.69, 9.17) is 9.15 Å². The van der Waals surface area contributed by atoms with Gasteiger partial charge in [0.1, 0.15) is 34.6 Å². The van der Waals surface area contributed by atoms with E-state index in [-0.39, 0.29) is 11.7 Å². The SMILES string of the molecule is CSNc1cccc(-c2c(-c3cnn(C)c3)oc3ncnc(Oc4ccc(NC(=O)c5ccc[n+](-c6ccc(F)cc6)c5)cc4)c23)c1. The van der Waals surface area contributed by atoms with E-state index >= 15 is 0 Å². The van der Waals surface area contributed by atoms with Gasteiger partial charge in [-0.25, -0.2) is 14.4 Å². The average molecular weight is 645 g/mol. The summed E-state index contributed by atoms with van der Waals surface area (Å²) in [5.74, 6) is 0.799. The van der Waals surface area contributed by atoms with Crippen molar-refractivity contribution in [3.63, 3.8) is 0 Å². The molecule has 0 bridgehead atoms. The second-order valence-corrected chi connectivity index (χ2v) is 11.1. The van der Waals surface area contributed by atoms with Crippen LogP contribution < -0.4 is 19.3 Å². The second-order valence-electron chi connectivity index (χ2n) is 10.5. The Hall–Kier alpha value is -6.01. The fraction of sp³-hybridized carbons (Fsp3) is 0.0571.